The molecule has 0 unspecified atom stereocenters. The number of nitrogens with zero attached hydrogens (tertiary/aromatic N) is 3. The molecule has 0 amide bonds. The Bertz CT molecular complexity index is 1430. The summed E-state index contributed by atoms with van der Waals surface area (Å²) in [5, 5.41) is 0.619. The summed E-state index contributed by atoms with van der Waals surface area (Å²) < 4.78 is 6.51. The number of ketones is 1. The van der Waals surface area contributed by atoms with E-state index in [1.807, 2.05) is 37.3 Å². The van der Waals surface area contributed by atoms with E-state index in [0.29, 0.717) is 40.1 Å². The zero-order chi connectivity index (χ0) is 23.5. The van der Waals surface area contributed by atoms with Gasteiger partial charge >= 0.3 is 5.97 Å². The molecule has 0 spiro atoms. The molecule has 2 aromatic carbocycles. The molecule has 2 aromatic heterocycles. The van der Waals surface area contributed by atoms with Gasteiger partial charge in [0.2, 0.25) is 0 Å². The molecule has 0 radical (unpaired) electrons. The summed E-state index contributed by atoms with van der Waals surface area (Å²) in [6.07, 6.45) is 1.98. The van der Waals surface area contributed by atoms with Crippen molar-refractivity contribution in [2.24, 2.45) is 0 Å². The van der Waals surface area contributed by atoms with Crippen molar-refractivity contribution in [3.63, 3.8) is 0 Å². The Kier molecular flexibility index (Phi) is 5.99. The maximum Gasteiger partial charge on any atom is 0.308 e. The van der Waals surface area contributed by atoms with Gasteiger partial charge in [0.05, 0.1) is 5.69 Å². The second-order valence-corrected chi connectivity index (χ2v) is 7.39. The molecule has 0 aliphatic heterocycles. The standard InChI is InChI=1S/C25H22N4O4/c1-4-19-25(32)29(24(15(2)30)22(27-19)17-9-6-5-7-10-17)28-20-12-13-21(33-16(3)31)23-18(20)11-8-14-26-23/h5-14,28H,4H2,1-3H3. The van der Waals surface area contributed by atoms with Gasteiger partial charge < -0.3 is 4.74 Å². The van der Waals surface area contributed by atoms with Gasteiger partial charge in [-0.3, -0.25) is 24.8 Å². The van der Waals surface area contributed by atoms with E-state index < -0.39 is 11.5 Å². The smallest absolute Gasteiger partial charge is 0.308 e. The minimum atomic E-state index is -0.466. The first-order valence-corrected chi connectivity index (χ1v) is 10.5. The average Bonchev–Trinajstić information content (AvgIpc) is 2.81. The summed E-state index contributed by atoms with van der Waals surface area (Å²) in [7, 11) is 0. The quantitative estimate of drug-likeness (QED) is 0.273. The fraction of sp³-hybridized carbons (Fsp3) is 0.160. The van der Waals surface area contributed by atoms with Crippen LogP contribution in [0.5, 0.6) is 5.75 Å². The zero-order valence-corrected chi connectivity index (χ0v) is 18.5. The number of benzene rings is 2. The van der Waals surface area contributed by atoms with Crippen molar-refractivity contribution >= 4 is 28.3 Å². The van der Waals surface area contributed by atoms with Crippen molar-refractivity contribution in [3.05, 3.63) is 82.5 Å². The van der Waals surface area contributed by atoms with Crippen LogP contribution in [0.1, 0.15) is 37.0 Å². The monoisotopic (exact) mass is 442 g/mol. The van der Waals surface area contributed by atoms with E-state index in [2.05, 4.69) is 15.4 Å². The number of anilines is 1. The van der Waals surface area contributed by atoms with Crippen molar-refractivity contribution in [1.29, 1.82) is 0 Å². The third-order valence-corrected chi connectivity index (χ3v) is 5.08. The van der Waals surface area contributed by atoms with Crippen LogP contribution in [0.25, 0.3) is 22.2 Å². The molecule has 8 heteroatoms. The maximum atomic E-state index is 13.3. The molecule has 33 heavy (non-hydrogen) atoms. The van der Waals surface area contributed by atoms with Crippen LogP contribution in [-0.4, -0.2) is 26.4 Å². The van der Waals surface area contributed by atoms with Crippen molar-refractivity contribution in [2.45, 2.75) is 27.2 Å². The lowest BCUT2D eigenvalue weighted by Crippen LogP contribution is -2.35. The molecule has 4 rings (SSSR count). The summed E-state index contributed by atoms with van der Waals surface area (Å²) in [6.45, 7) is 4.55. The normalized spacial score (nSPS) is 10.8. The van der Waals surface area contributed by atoms with Crippen LogP contribution in [-0.2, 0) is 11.2 Å². The minimum Gasteiger partial charge on any atom is -0.424 e. The molecular formula is C25H22N4O4. The summed E-state index contributed by atoms with van der Waals surface area (Å²) >= 11 is 0. The third-order valence-electron chi connectivity index (χ3n) is 5.08. The number of Topliss-reactive ketones (excluding diaryl/α,β-unsaturated/α-hetero) is 1. The highest BCUT2D eigenvalue weighted by Crippen LogP contribution is 2.31. The third kappa shape index (κ3) is 4.23. The Labute approximate surface area is 189 Å². The molecule has 0 atom stereocenters. The van der Waals surface area contributed by atoms with Crippen LogP contribution >= 0.6 is 0 Å². The van der Waals surface area contributed by atoms with Crippen molar-refractivity contribution in [3.8, 4) is 17.0 Å². The number of carbonyl (C=O) groups excluding carboxylic acids is 2. The van der Waals surface area contributed by atoms with Crippen LogP contribution in [0.4, 0.5) is 5.69 Å². The van der Waals surface area contributed by atoms with E-state index in [1.165, 1.54) is 18.5 Å². The molecule has 4 aromatic rings. The van der Waals surface area contributed by atoms with Gasteiger partial charge in [-0.05, 0) is 30.7 Å². The summed E-state index contributed by atoms with van der Waals surface area (Å²) in [5.74, 6) is -0.476. The molecular weight excluding hydrogens is 420 g/mol. The second-order valence-electron chi connectivity index (χ2n) is 7.39. The average molecular weight is 442 g/mol. The van der Waals surface area contributed by atoms with Crippen LogP contribution in [0, 0.1) is 0 Å². The molecule has 0 saturated heterocycles. The number of pyridine rings is 1. The number of aromatic nitrogens is 3. The fourth-order valence-electron chi connectivity index (χ4n) is 3.63. The molecule has 8 nitrogen and oxygen atoms in total. The largest absolute Gasteiger partial charge is 0.424 e. The molecule has 166 valence electrons. The van der Waals surface area contributed by atoms with E-state index in [9.17, 15) is 14.4 Å². The zero-order valence-electron chi connectivity index (χ0n) is 18.5. The summed E-state index contributed by atoms with van der Waals surface area (Å²) in [6, 6.07) is 16.0. The van der Waals surface area contributed by atoms with E-state index in [1.54, 1.807) is 30.5 Å². The Hall–Kier alpha value is -4.33. The van der Waals surface area contributed by atoms with Crippen LogP contribution < -0.4 is 15.7 Å². The molecule has 2 heterocycles. The molecule has 0 aliphatic rings. The Morgan fingerprint density at radius 1 is 1.03 bits per heavy atom. The van der Waals surface area contributed by atoms with Gasteiger partial charge in [0.15, 0.2) is 11.5 Å². The van der Waals surface area contributed by atoms with Crippen molar-refractivity contribution in [2.75, 3.05) is 5.43 Å². The number of fused-ring (bicyclic) bond motifs is 1. The first-order chi connectivity index (χ1) is 15.9. The number of ether oxygens (including phenoxy) is 1. The highest BCUT2D eigenvalue weighted by molar-refractivity contribution is 5.99. The van der Waals surface area contributed by atoms with Crippen LogP contribution in [0.3, 0.4) is 0 Å². The predicted molar refractivity (Wildman–Crippen MR) is 125 cm³/mol. The lowest BCUT2D eigenvalue weighted by Gasteiger charge is -2.19. The fourth-order valence-corrected chi connectivity index (χ4v) is 3.63. The topological polar surface area (TPSA) is 103 Å². The van der Waals surface area contributed by atoms with Gasteiger partial charge in [-0.1, -0.05) is 37.3 Å². The van der Waals surface area contributed by atoms with Gasteiger partial charge in [-0.15, -0.1) is 0 Å². The van der Waals surface area contributed by atoms with Gasteiger partial charge in [0, 0.05) is 31.0 Å². The van der Waals surface area contributed by atoms with E-state index >= 15 is 0 Å². The Morgan fingerprint density at radius 2 is 1.79 bits per heavy atom. The van der Waals surface area contributed by atoms with E-state index in [0.717, 1.165) is 5.56 Å². The number of esters is 1. The van der Waals surface area contributed by atoms with Gasteiger partial charge in [0.25, 0.3) is 5.56 Å². The summed E-state index contributed by atoms with van der Waals surface area (Å²) in [5.41, 5.74) is 5.26. The number of nitrogens with one attached hydrogen (secondary N) is 1. The highest BCUT2D eigenvalue weighted by atomic mass is 16.5. The van der Waals surface area contributed by atoms with Crippen LogP contribution in [0.2, 0.25) is 0 Å². The minimum absolute atomic E-state index is 0.143. The number of hydrogen-bond acceptors (Lipinski definition) is 7. The molecule has 0 fully saturated rings. The maximum absolute atomic E-state index is 13.3. The Balaban J connectivity index is 1.95. The van der Waals surface area contributed by atoms with E-state index in [4.69, 9.17) is 4.74 Å². The molecule has 0 aliphatic carbocycles. The van der Waals surface area contributed by atoms with Crippen LogP contribution in [0.15, 0.2) is 65.6 Å². The second kappa shape index (κ2) is 9.04. The van der Waals surface area contributed by atoms with Gasteiger partial charge in [-0.25, -0.2) is 9.66 Å². The number of aryl methyl sites for hydroxylation is 1. The SMILES string of the molecule is CCc1nc(-c2ccccc2)c(C(C)=O)n(Nc2ccc(OC(C)=O)c3ncccc23)c1=O. The lowest BCUT2D eigenvalue weighted by atomic mass is 10.1. The Morgan fingerprint density at radius 3 is 2.45 bits per heavy atom. The van der Waals surface area contributed by atoms with Crippen molar-refractivity contribution < 1.29 is 14.3 Å². The van der Waals surface area contributed by atoms with E-state index in [-0.39, 0.29) is 11.5 Å². The molecule has 0 saturated carbocycles. The number of hydrogen-bond donors (Lipinski definition) is 1. The van der Waals surface area contributed by atoms with Gasteiger partial charge in [-0.2, -0.15) is 0 Å². The number of carbonyl (C=O) groups is 2. The molecule has 1 N–H and O–H groups in total. The first-order valence-electron chi connectivity index (χ1n) is 10.5. The van der Waals surface area contributed by atoms with Crippen molar-refractivity contribution in [1.82, 2.24) is 14.6 Å². The predicted octanol–water partition coefficient (Wildman–Crippen LogP) is 4.02. The highest BCUT2D eigenvalue weighted by Gasteiger charge is 2.21. The summed E-state index contributed by atoms with van der Waals surface area (Å²) in [4.78, 5) is 46.3. The molecule has 0 bridgehead atoms. The van der Waals surface area contributed by atoms with Gasteiger partial charge in [0.1, 0.15) is 22.6 Å². The lowest BCUT2D eigenvalue weighted by molar-refractivity contribution is -0.131. The number of rotatable bonds is 6. The first kappa shape index (κ1) is 21.9.